The fourth-order valence-electron chi connectivity index (χ4n) is 3.40. The third-order valence-corrected chi connectivity index (χ3v) is 5.69. The second kappa shape index (κ2) is 4.94. The average Bonchev–Trinajstić information content (AvgIpc) is 3.01. The maximum atomic E-state index is 2.37. The molecule has 23 heavy (non-hydrogen) atoms. The molecule has 0 fully saturated rings. The Bertz CT molecular complexity index is 1150. The Morgan fingerprint density at radius 3 is 2.00 bits per heavy atom. The summed E-state index contributed by atoms with van der Waals surface area (Å²) < 4.78 is 2.75. The van der Waals surface area contributed by atoms with Crippen LogP contribution in [0.2, 0.25) is 0 Å². The van der Waals surface area contributed by atoms with E-state index in [9.17, 15) is 0 Å². The highest BCUT2D eigenvalue weighted by Gasteiger charge is 2.12. The molecule has 1 aromatic heterocycles. The van der Waals surface area contributed by atoms with Crippen LogP contribution in [0.15, 0.2) is 84.9 Å². The van der Waals surface area contributed by atoms with Gasteiger partial charge in [-0.3, -0.25) is 0 Å². The Kier molecular flexibility index (Phi) is 2.76. The zero-order valence-corrected chi connectivity index (χ0v) is 13.3. The van der Waals surface area contributed by atoms with Gasteiger partial charge in [-0.1, -0.05) is 72.8 Å². The lowest BCUT2D eigenvalue weighted by Gasteiger charge is -2.08. The predicted octanol–water partition coefficient (Wildman–Crippen LogP) is 6.87. The molecule has 108 valence electrons. The monoisotopic (exact) mass is 310 g/mol. The van der Waals surface area contributed by atoms with E-state index >= 15 is 0 Å². The van der Waals surface area contributed by atoms with Gasteiger partial charge in [0.25, 0.3) is 0 Å². The lowest BCUT2D eigenvalue weighted by atomic mass is 9.96. The van der Waals surface area contributed by atoms with Gasteiger partial charge in [-0.2, -0.15) is 0 Å². The van der Waals surface area contributed by atoms with E-state index in [4.69, 9.17) is 0 Å². The Morgan fingerprint density at radius 2 is 1.17 bits per heavy atom. The molecule has 4 aromatic carbocycles. The number of thiophene rings is 1. The summed E-state index contributed by atoms with van der Waals surface area (Å²) in [6, 6.07) is 30.5. The minimum Gasteiger partial charge on any atom is -0.135 e. The molecule has 1 heteroatoms. The fraction of sp³-hybridized carbons (Fsp3) is 0. The SMILES string of the molecule is c1ccc(-c2cc3c4ccccc4sc3c3ccccc23)cc1. The molecule has 0 bridgehead atoms. The number of fused-ring (bicyclic) bond motifs is 5. The molecule has 0 unspecified atom stereocenters. The summed E-state index contributed by atoms with van der Waals surface area (Å²) in [6.07, 6.45) is 0. The first-order valence-corrected chi connectivity index (χ1v) is 8.62. The van der Waals surface area contributed by atoms with E-state index < -0.39 is 0 Å². The normalized spacial score (nSPS) is 11.5. The zero-order chi connectivity index (χ0) is 15.2. The molecule has 0 spiro atoms. The van der Waals surface area contributed by atoms with Crippen molar-refractivity contribution in [2.24, 2.45) is 0 Å². The van der Waals surface area contributed by atoms with Crippen molar-refractivity contribution in [3.63, 3.8) is 0 Å². The quantitative estimate of drug-likeness (QED) is 0.317. The largest absolute Gasteiger partial charge is 0.135 e. The lowest BCUT2D eigenvalue weighted by molar-refractivity contribution is 1.67. The minimum absolute atomic E-state index is 1.28. The molecule has 5 aromatic rings. The summed E-state index contributed by atoms with van der Waals surface area (Å²) in [5.74, 6) is 0. The Hall–Kier alpha value is -2.64. The van der Waals surface area contributed by atoms with Crippen LogP contribution in [0.3, 0.4) is 0 Å². The highest BCUT2D eigenvalue weighted by molar-refractivity contribution is 7.26. The second-order valence-electron chi connectivity index (χ2n) is 5.81. The molecule has 0 aliphatic carbocycles. The van der Waals surface area contributed by atoms with E-state index in [1.807, 2.05) is 11.3 Å². The van der Waals surface area contributed by atoms with E-state index in [1.165, 1.54) is 42.1 Å². The van der Waals surface area contributed by atoms with Crippen molar-refractivity contribution in [3.05, 3.63) is 84.9 Å². The van der Waals surface area contributed by atoms with Gasteiger partial charge in [0.1, 0.15) is 0 Å². The summed E-state index contributed by atoms with van der Waals surface area (Å²) in [5.41, 5.74) is 2.60. The van der Waals surface area contributed by atoms with Crippen LogP contribution in [0.5, 0.6) is 0 Å². The van der Waals surface area contributed by atoms with Crippen molar-refractivity contribution in [1.29, 1.82) is 0 Å². The van der Waals surface area contributed by atoms with Crippen LogP contribution in [-0.2, 0) is 0 Å². The lowest BCUT2D eigenvalue weighted by Crippen LogP contribution is -1.82. The molecule has 0 radical (unpaired) electrons. The van der Waals surface area contributed by atoms with E-state index in [-0.39, 0.29) is 0 Å². The zero-order valence-electron chi connectivity index (χ0n) is 12.5. The molecule has 0 saturated carbocycles. The van der Waals surface area contributed by atoms with E-state index in [1.54, 1.807) is 0 Å². The predicted molar refractivity (Wildman–Crippen MR) is 102 cm³/mol. The summed E-state index contributed by atoms with van der Waals surface area (Å²) in [7, 11) is 0. The number of hydrogen-bond acceptors (Lipinski definition) is 1. The van der Waals surface area contributed by atoms with Crippen LogP contribution in [0.4, 0.5) is 0 Å². The summed E-state index contributed by atoms with van der Waals surface area (Å²) in [6.45, 7) is 0. The van der Waals surface area contributed by atoms with Crippen molar-refractivity contribution >= 4 is 42.3 Å². The molecule has 0 atom stereocenters. The number of benzene rings is 4. The van der Waals surface area contributed by atoms with Gasteiger partial charge in [-0.05, 0) is 28.6 Å². The van der Waals surface area contributed by atoms with Crippen LogP contribution < -0.4 is 0 Å². The fourth-order valence-corrected chi connectivity index (χ4v) is 4.62. The van der Waals surface area contributed by atoms with Gasteiger partial charge in [-0.25, -0.2) is 0 Å². The molecule has 0 N–H and O–H groups in total. The molecule has 0 aliphatic heterocycles. The molecule has 0 amide bonds. The molecule has 0 nitrogen and oxygen atoms in total. The van der Waals surface area contributed by atoms with Crippen molar-refractivity contribution in [2.75, 3.05) is 0 Å². The maximum absolute atomic E-state index is 2.37. The van der Waals surface area contributed by atoms with Crippen molar-refractivity contribution in [1.82, 2.24) is 0 Å². The highest BCUT2D eigenvalue weighted by atomic mass is 32.1. The molecule has 0 aliphatic rings. The molecular formula is C22H14S. The Balaban J connectivity index is 2.02. The first-order valence-electron chi connectivity index (χ1n) is 7.80. The molecular weight excluding hydrogens is 296 g/mol. The van der Waals surface area contributed by atoms with Crippen LogP contribution in [0.25, 0.3) is 42.1 Å². The second-order valence-corrected chi connectivity index (χ2v) is 6.86. The van der Waals surface area contributed by atoms with Gasteiger partial charge in [0.05, 0.1) is 0 Å². The molecule has 0 saturated heterocycles. The van der Waals surface area contributed by atoms with E-state index in [0.29, 0.717) is 0 Å². The van der Waals surface area contributed by atoms with Gasteiger partial charge < -0.3 is 0 Å². The summed E-state index contributed by atoms with van der Waals surface area (Å²) in [5, 5.41) is 5.40. The van der Waals surface area contributed by atoms with Crippen LogP contribution in [0, 0.1) is 0 Å². The first-order chi connectivity index (χ1) is 11.4. The Labute approximate surface area is 138 Å². The number of rotatable bonds is 1. The third-order valence-electron chi connectivity index (χ3n) is 4.47. The van der Waals surface area contributed by atoms with Gasteiger partial charge in [-0.15, -0.1) is 11.3 Å². The van der Waals surface area contributed by atoms with Gasteiger partial charge in [0.2, 0.25) is 0 Å². The minimum atomic E-state index is 1.28. The third kappa shape index (κ3) is 1.90. The van der Waals surface area contributed by atoms with Gasteiger partial charge in [0.15, 0.2) is 0 Å². The Morgan fingerprint density at radius 1 is 0.522 bits per heavy atom. The molecule has 1 heterocycles. The van der Waals surface area contributed by atoms with Crippen LogP contribution >= 0.6 is 11.3 Å². The van der Waals surface area contributed by atoms with Crippen LogP contribution in [-0.4, -0.2) is 0 Å². The van der Waals surface area contributed by atoms with Crippen molar-refractivity contribution in [3.8, 4) is 11.1 Å². The molecule has 5 rings (SSSR count). The topological polar surface area (TPSA) is 0 Å². The average molecular weight is 310 g/mol. The van der Waals surface area contributed by atoms with Crippen molar-refractivity contribution < 1.29 is 0 Å². The first kappa shape index (κ1) is 12.9. The summed E-state index contributed by atoms with van der Waals surface area (Å²) in [4.78, 5) is 0. The van der Waals surface area contributed by atoms with Crippen LogP contribution in [0.1, 0.15) is 0 Å². The standard InChI is InChI=1S/C22H14S/c1-2-8-15(9-3-1)19-14-20-17-11-6-7-13-21(17)23-22(20)18-12-5-4-10-16(18)19/h1-14H. The van der Waals surface area contributed by atoms with Crippen molar-refractivity contribution in [2.45, 2.75) is 0 Å². The van der Waals surface area contributed by atoms with Gasteiger partial charge in [0, 0.05) is 25.6 Å². The van der Waals surface area contributed by atoms with Gasteiger partial charge >= 0.3 is 0 Å². The number of hydrogen-bond donors (Lipinski definition) is 0. The highest BCUT2D eigenvalue weighted by Crippen LogP contribution is 2.42. The maximum Gasteiger partial charge on any atom is 0.0434 e. The smallest absolute Gasteiger partial charge is 0.0434 e. The van der Waals surface area contributed by atoms with E-state index in [0.717, 1.165) is 0 Å². The summed E-state index contributed by atoms with van der Waals surface area (Å²) >= 11 is 1.90. The van der Waals surface area contributed by atoms with E-state index in [2.05, 4.69) is 84.9 Å².